The van der Waals surface area contributed by atoms with Crippen LogP contribution in [0.5, 0.6) is 0 Å². The van der Waals surface area contributed by atoms with Crippen LogP contribution in [0.25, 0.3) is 0 Å². The van der Waals surface area contributed by atoms with Crippen LogP contribution in [0, 0.1) is 14.3 Å². The second kappa shape index (κ2) is 23.0. The molecule has 0 rings (SSSR count). The summed E-state index contributed by atoms with van der Waals surface area (Å²) < 4.78 is 271. The summed E-state index contributed by atoms with van der Waals surface area (Å²) in [7, 11) is 0. The maximum Gasteiger partial charge on any atom is 1.00 e. The standard InChI is InChI=1S/4C5H2F6O2.Am.Cs/c4*6-4(7,8)2(12)1-3(13)5(9,10)11;;/h4*1,12H;;/q;;;;;+1/p-4/b4*2-1-;;. The van der Waals surface area contributed by atoms with Gasteiger partial charge in [-0.15, -0.1) is 0 Å². The summed E-state index contributed by atoms with van der Waals surface area (Å²) in [4.78, 5) is 39.3. The van der Waals surface area contributed by atoms with Gasteiger partial charge in [0.2, 0.25) is 0 Å². The Balaban J connectivity index is -0.000000140. The Morgan fingerprint density at radius 1 is 0.278 bits per heavy atom. The topological polar surface area (TPSA) is 161 Å². The molecule has 1 radical (unpaired) electrons. The molecule has 0 atom stereocenters. The molecule has 0 bridgehead atoms. The van der Waals surface area contributed by atoms with Crippen molar-refractivity contribution in [2.45, 2.75) is 49.4 Å². The van der Waals surface area contributed by atoms with Crippen LogP contribution >= 0.6 is 0 Å². The fourth-order valence-electron chi connectivity index (χ4n) is 1.13. The van der Waals surface area contributed by atoms with E-state index < -0.39 is 120 Å². The molecule has 0 spiro atoms. The molecule has 54 heavy (non-hydrogen) atoms. The number of carbonyl (C=O) groups excluding carboxylic acids is 4. The molecule has 0 aromatic carbocycles. The summed E-state index contributed by atoms with van der Waals surface area (Å²) in [5, 5.41) is 39.3. The van der Waals surface area contributed by atoms with Gasteiger partial charge in [0.15, 0.2) is 0 Å². The van der Waals surface area contributed by atoms with E-state index in [1.807, 2.05) is 0 Å². The number of alkyl halides is 24. The SMILES string of the molecule is O=C(/C=C(\[O-])C(F)(F)F)C(F)(F)F.O=C(/C=C(\[O-])C(F)(F)F)C(F)(F)F.O=C(/C=C(\[O-])C(F)(F)F)C(F)(F)F.O=C(/C=C(\[O-])C(F)(F)F)C(F)(F)F.[Am].[Cs+]. The van der Waals surface area contributed by atoms with Crippen molar-refractivity contribution >= 4 is 23.1 Å². The molecular weight excluding hydrogens is 1200 g/mol. The average Bonchev–Trinajstić information content (AvgIpc) is 2.85. The van der Waals surface area contributed by atoms with Crippen molar-refractivity contribution in [1.29, 1.82) is 0 Å². The number of ketones is 4. The monoisotopic (exact) mass is 1200 g/mol. The van der Waals surface area contributed by atoms with Crippen molar-refractivity contribution in [3.05, 3.63) is 47.3 Å². The molecule has 0 saturated carbocycles. The Kier molecular flexibility index (Phi) is 27.0. The largest absolute Gasteiger partial charge is 1.00 e. The van der Waals surface area contributed by atoms with E-state index in [1.54, 1.807) is 0 Å². The van der Waals surface area contributed by atoms with E-state index in [4.69, 9.17) is 0 Å². The second-order valence-electron chi connectivity index (χ2n) is 7.47. The zero-order valence-corrected chi connectivity index (χ0v) is 33.5. The second-order valence-corrected chi connectivity index (χ2v) is 7.47. The molecule has 311 valence electrons. The third-order valence-electron chi connectivity index (χ3n) is 3.28. The molecule has 0 N–H and O–H groups in total. The van der Waals surface area contributed by atoms with E-state index in [1.165, 1.54) is 0 Å². The minimum Gasteiger partial charge on any atom is -0.869 e. The van der Waals surface area contributed by atoms with E-state index in [0.29, 0.717) is 0 Å². The smallest absolute Gasteiger partial charge is 0.869 e. The first-order valence-electron chi connectivity index (χ1n) is 10.5. The molecule has 0 aliphatic heterocycles. The number of carbonyl (C=O) groups is 4. The summed E-state index contributed by atoms with van der Waals surface area (Å²) in [5.41, 5.74) is 0. The fourth-order valence-corrected chi connectivity index (χ4v) is 1.13. The Labute approximate surface area is 345 Å². The number of hydrogen-bond acceptors (Lipinski definition) is 8. The maximum atomic E-state index is 11.3. The van der Waals surface area contributed by atoms with Crippen molar-refractivity contribution in [3.63, 3.8) is 0 Å². The summed E-state index contributed by atoms with van der Waals surface area (Å²) >= 11 is 0. The number of halogens is 24. The van der Waals surface area contributed by atoms with Gasteiger partial charge in [0.1, 0.15) is 0 Å². The summed E-state index contributed by atoms with van der Waals surface area (Å²) in [6.45, 7) is 0. The van der Waals surface area contributed by atoms with Crippen LogP contribution in [0.3, 0.4) is 0 Å². The molecule has 0 unspecified atom stereocenters. The first-order chi connectivity index (χ1) is 22.2. The number of allylic oxidation sites excluding steroid dienone is 8. The minimum atomic E-state index is -5.46. The zero-order valence-electron chi connectivity index (χ0n) is 24.0. The third-order valence-corrected chi connectivity index (χ3v) is 3.28. The molecule has 8 nitrogen and oxygen atoms in total. The van der Waals surface area contributed by atoms with E-state index in [9.17, 15) is 145 Å². The first kappa shape index (κ1) is 63.5. The first-order valence-corrected chi connectivity index (χ1v) is 10.5. The molecule has 0 heterocycles. The molecule has 0 saturated heterocycles. The van der Waals surface area contributed by atoms with Gasteiger partial charge in [0.25, 0.3) is 23.1 Å². The predicted molar refractivity (Wildman–Crippen MR) is 101 cm³/mol. The minimum absolute atomic E-state index is 0. The van der Waals surface area contributed by atoms with Gasteiger partial charge >= 0.3 is 118 Å². The van der Waals surface area contributed by atoms with Crippen molar-refractivity contribution < 1.29 is 228 Å². The maximum absolute atomic E-state index is 11.3. The van der Waals surface area contributed by atoms with Gasteiger partial charge in [0, 0.05) is 14.3 Å². The molecule has 0 aliphatic carbocycles. The zero-order chi connectivity index (χ0) is 43.4. The molecule has 0 aliphatic rings. The Morgan fingerprint density at radius 3 is 0.426 bits per heavy atom. The quantitative estimate of drug-likeness (QED) is 0.226. The number of rotatable bonds is 4. The summed E-state index contributed by atoms with van der Waals surface area (Å²) in [6.07, 6.45) is -47.8. The van der Waals surface area contributed by atoms with Crippen LogP contribution < -0.4 is 89.3 Å². The molecule has 0 aromatic rings. The normalized spacial score (nSPS) is 13.9. The van der Waals surface area contributed by atoms with Gasteiger partial charge in [-0.3, -0.25) is 19.2 Å². The summed E-state index contributed by atoms with van der Waals surface area (Å²) in [5.74, 6) is -22.6. The van der Waals surface area contributed by atoms with Gasteiger partial charge in [-0.1, -0.05) is 0 Å². The van der Waals surface area contributed by atoms with Crippen LogP contribution in [-0.4, -0.2) is 72.5 Å². The van der Waals surface area contributed by atoms with Gasteiger partial charge in [-0.25, -0.2) is 0 Å². The third kappa shape index (κ3) is 30.9. The van der Waals surface area contributed by atoms with Crippen molar-refractivity contribution in [2.24, 2.45) is 0 Å². The number of hydrogen-bond donors (Lipinski definition) is 0. The fraction of sp³-hybridized carbons (Fsp3) is 0.400. The van der Waals surface area contributed by atoms with Crippen LogP contribution in [0.4, 0.5) is 105 Å². The molecule has 0 fully saturated rings. The van der Waals surface area contributed by atoms with E-state index in [2.05, 4.69) is 0 Å². The molecule has 34 heteroatoms. The molecule has 0 aromatic heterocycles. The van der Waals surface area contributed by atoms with E-state index in [0.717, 1.165) is 0 Å². The summed E-state index contributed by atoms with van der Waals surface area (Å²) in [6, 6.07) is 0. The van der Waals surface area contributed by atoms with Gasteiger partial charge in [0.05, 0.1) is 0 Å². The Morgan fingerprint density at radius 2 is 0.370 bits per heavy atom. The van der Waals surface area contributed by atoms with Gasteiger partial charge in [-0.05, 0) is 47.3 Å². The van der Waals surface area contributed by atoms with Crippen molar-refractivity contribution in [1.82, 2.24) is 0 Å². The molecular formula is C20H4AmCsF24O8-3. The van der Waals surface area contributed by atoms with Gasteiger partial charge in [-0.2, -0.15) is 105 Å². The van der Waals surface area contributed by atoms with E-state index >= 15 is 0 Å². The molecule has 0 amide bonds. The van der Waals surface area contributed by atoms with Crippen molar-refractivity contribution in [3.8, 4) is 0 Å². The van der Waals surface area contributed by atoms with Crippen molar-refractivity contribution in [2.75, 3.05) is 0 Å². The Hall–Kier alpha value is -2.40. The van der Waals surface area contributed by atoms with Crippen LogP contribution in [-0.2, 0) is 19.2 Å². The predicted octanol–water partition coefficient (Wildman–Crippen LogP) is 0.701. The van der Waals surface area contributed by atoms with Crippen LogP contribution in [0.1, 0.15) is 0 Å². The van der Waals surface area contributed by atoms with Crippen LogP contribution in [0.15, 0.2) is 47.3 Å². The van der Waals surface area contributed by atoms with Crippen LogP contribution in [0.2, 0.25) is 0 Å². The van der Waals surface area contributed by atoms with E-state index in [-0.39, 0.29) is 83.2 Å². The van der Waals surface area contributed by atoms with Gasteiger partial charge < -0.3 is 20.4 Å². The average molecular weight is 1200 g/mol. The Bertz CT molecular complexity index is 1160.